The van der Waals surface area contributed by atoms with Gasteiger partial charge < -0.3 is 16.5 Å². The fraction of sp³-hybridized carbons (Fsp3) is 0.333. The third-order valence-corrected chi connectivity index (χ3v) is 0.353. The molecule has 0 aromatic rings. The molecule has 0 aliphatic heterocycles. The summed E-state index contributed by atoms with van der Waals surface area (Å²) < 4.78 is 0. The Labute approximate surface area is 42.5 Å². The fourth-order valence-electron chi connectivity index (χ4n) is 0.235. The lowest BCUT2D eigenvalue weighted by Gasteiger charge is -2.02. The van der Waals surface area contributed by atoms with E-state index in [2.05, 4.69) is 0 Å². The minimum atomic E-state index is 0.213. The van der Waals surface area contributed by atoms with E-state index in [9.17, 15) is 0 Å². The Morgan fingerprint density at radius 3 is 2.00 bits per heavy atom. The van der Waals surface area contributed by atoms with Crippen molar-refractivity contribution >= 4 is 0 Å². The van der Waals surface area contributed by atoms with E-state index >= 15 is 0 Å². The van der Waals surface area contributed by atoms with Crippen molar-refractivity contribution in [2.45, 2.75) is 0 Å². The maximum Gasteiger partial charge on any atom is 0.111 e. The second-order valence-electron chi connectivity index (χ2n) is 1.29. The lowest BCUT2D eigenvalue weighted by Crippen LogP contribution is -2.23. The summed E-state index contributed by atoms with van der Waals surface area (Å²) in [6.45, 7) is 0. The normalized spacial score (nSPS) is 7.71. The number of hydrogen-bond donors (Lipinski definition) is 3. The van der Waals surface area contributed by atoms with Gasteiger partial charge in [-0.15, -0.1) is 0 Å². The van der Waals surface area contributed by atoms with E-state index in [-0.39, 0.29) is 5.82 Å². The van der Waals surface area contributed by atoms with E-state index < -0.39 is 0 Å². The van der Waals surface area contributed by atoms with Crippen LogP contribution in [0.2, 0.25) is 0 Å². The molecule has 0 radical (unpaired) electrons. The molecular weight excluding hydrogens is 92.1 g/mol. The van der Waals surface area contributed by atoms with Crippen LogP contribution in [0.15, 0.2) is 12.0 Å². The molecule has 0 aromatic carbocycles. The highest BCUT2D eigenvalue weighted by Gasteiger charge is 1.76. The molecule has 6 N–H and O–H groups in total. The second kappa shape index (κ2) is 2.30. The van der Waals surface area contributed by atoms with Gasteiger partial charge in [-0.25, -0.2) is 5.84 Å². The number of hydrazine groups is 1. The monoisotopic (exact) mass is 102 g/mol. The summed E-state index contributed by atoms with van der Waals surface area (Å²) in [5, 5.41) is 1.29. The van der Waals surface area contributed by atoms with E-state index in [1.54, 1.807) is 7.05 Å². The van der Waals surface area contributed by atoms with E-state index in [1.807, 2.05) is 0 Å². The molecule has 0 saturated carbocycles. The first kappa shape index (κ1) is 6.10. The molecule has 0 aliphatic carbocycles. The van der Waals surface area contributed by atoms with Crippen LogP contribution in [0.25, 0.3) is 0 Å². The molecule has 0 atom stereocenters. The average molecular weight is 102 g/mol. The molecule has 42 valence electrons. The van der Waals surface area contributed by atoms with Crippen molar-refractivity contribution in [3.8, 4) is 0 Å². The van der Waals surface area contributed by atoms with Gasteiger partial charge >= 0.3 is 0 Å². The second-order valence-corrected chi connectivity index (χ2v) is 1.29. The number of hydrogen-bond acceptors (Lipinski definition) is 4. The molecule has 0 aromatic heterocycles. The topological polar surface area (TPSA) is 81.3 Å². The lowest BCUT2D eigenvalue weighted by molar-refractivity contribution is 0.479. The Bertz CT molecular complexity index is 71.0. The summed E-state index contributed by atoms with van der Waals surface area (Å²) >= 11 is 0. The van der Waals surface area contributed by atoms with Crippen LogP contribution in [0.4, 0.5) is 0 Å². The third kappa shape index (κ3) is 5.10. The predicted octanol–water partition coefficient (Wildman–Crippen LogP) is -1.49. The first-order chi connectivity index (χ1) is 3.13. The molecular formula is C3H10N4. The lowest BCUT2D eigenvalue weighted by atomic mass is 10.8. The standard InChI is InChI=1S/C3H10N4/c1-7(6)2-3(4)5/h2H,4-6H2,1H3. The van der Waals surface area contributed by atoms with Crippen LogP contribution in [0.5, 0.6) is 0 Å². The van der Waals surface area contributed by atoms with Crippen LogP contribution in [0.1, 0.15) is 0 Å². The Morgan fingerprint density at radius 1 is 1.57 bits per heavy atom. The largest absolute Gasteiger partial charge is 0.384 e. The quantitative estimate of drug-likeness (QED) is 0.278. The number of rotatable bonds is 1. The minimum Gasteiger partial charge on any atom is -0.384 e. The van der Waals surface area contributed by atoms with Crippen molar-refractivity contribution < 1.29 is 0 Å². The SMILES string of the molecule is CN(N)C=C(N)N. The van der Waals surface area contributed by atoms with Gasteiger partial charge in [-0.2, -0.15) is 0 Å². The highest BCUT2D eigenvalue weighted by Crippen LogP contribution is 1.69. The molecule has 4 nitrogen and oxygen atoms in total. The van der Waals surface area contributed by atoms with Gasteiger partial charge in [0.25, 0.3) is 0 Å². The molecule has 0 amide bonds. The molecule has 0 bridgehead atoms. The summed E-state index contributed by atoms with van der Waals surface area (Å²) in [6, 6.07) is 0. The molecule has 4 heteroatoms. The summed E-state index contributed by atoms with van der Waals surface area (Å²) in [7, 11) is 1.64. The van der Waals surface area contributed by atoms with Crippen LogP contribution in [0.3, 0.4) is 0 Å². The van der Waals surface area contributed by atoms with Crippen LogP contribution in [-0.4, -0.2) is 12.1 Å². The van der Waals surface area contributed by atoms with Gasteiger partial charge in [-0.3, -0.25) is 0 Å². The summed E-state index contributed by atoms with van der Waals surface area (Å²) in [5.41, 5.74) is 10.0. The van der Waals surface area contributed by atoms with Gasteiger partial charge in [-0.1, -0.05) is 0 Å². The summed E-state index contributed by atoms with van der Waals surface area (Å²) in [6.07, 6.45) is 1.42. The Balaban J connectivity index is 3.45. The van der Waals surface area contributed by atoms with Crippen molar-refractivity contribution in [1.82, 2.24) is 5.01 Å². The van der Waals surface area contributed by atoms with E-state index in [1.165, 1.54) is 11.2 Å². The average Bonchev–Trinajstić information content (AvgIpc) is 1.27. The van der Waals surface area contributed by atoms with Crippen LogP contribution >= 0.6 is 0 Å². The molecule has 0 fully saturated rings. The smallest absolute Gasteiger partial charge is 0.111 e. The van der Waals surface area contributed by atoms with Crippen molar-refractivity contribution in [1.29, 1.82) is 0 Å². The van der Waals surface area contributed by atoms with Gasteiger partial charge in [-0.05, 0) is 0 Å². The highest BCUT2D eigenvalue weighted by molar-refractivity contribution is 4.86. The maximum atomic E-state index is 5.09. The molecule has 0 saturated heterocycles. The van der Waals surface area contributed by atoms with E-state index in [0.717, 1.165) is 0 Å². The van der Waals surface area contributed by atoms with Crippen LogP contribution in [-0.2, 0) is 0 Å². The van der Waals surface area contributed by atoms with Crippen molar-refractivity contribution in [2.24, 2.45) is 17.3 Å². The molecule has 0 spiro atoms. The zero-order valence-corrected chi connectivity index (χ0v) is 4.26. The Hall–Kier alpha value is -0.900. The first-order valence-corrected chi connectivity index (χ1v) is 1.83. The summed E-state index contributed by atoms with van der Waals surface area (Å²) in [5.74, 6) is 5.30. The number of nitrogens with two attached hydrogens (primary N) is 3. The highest BCUT2D eigenvalue weighted by atomic mass is 15.4. The van der Waals surface area contributed by atoms with E-state index in [4.69, 9.17) is 17.3 Å². The van der Waals surface area contributed by atoms with E-state index in [0.29, 0.717) is 0 Å². The maximum absolute atomic E-state index is 5.09. The summed E-state index contributed by atoms with van der Waals surface area (Å²) in [4.78, 5) is 0. The molecule has 0 aliphatic rings. The van der Waals surface area contributed by atoms with Crippen molar-refractivity contribution in [3.63, 3.8) is 0 Å². The molecule has 7 heavy (non-hydrogen) atoms. The van der Waals surface area contributed by atoms with Gasteiger partial charge in [0, 0.05) is 7.05 Å². The molecule has 0 unspecified atom stereocenters. The van der Waals surface area contributed by atoms with Crippen molar-refractivity contribution in [2.75, 3.05) is 7.05 Å². The fourth-order valence-corrected chi connectivity index (χ4v) is 0.235. The molecule has 0 heterocycles. The van der Waals surface area contributed by atoms with Crippen LogP contribution < -0.4 is 17.3 Å². The Kier molecular flexibility index (Phi) is 2.01. The number of nitrogens with zero attached hydrogens (tertiary/aromatic N) is 1. The molecule has 0 rings (SSSR count). The first-order valence-electron chi connectivity index (χ1n) is 1.83. The van der Waals surface area contributed by atoms with Crippen LogP contribution in [0, 0.1) is 0 Å². The van der Waals surface area contributed by atoms with Gasteiger partial charge in [0.2, 0.25) is 0 Å². The Morgan fingerprint density at radius 2 is 2.00 bits per heavy atom. The van der Waals surface area contributed by atoms with Gasteiger partial charge in [0.15, 0.2) is 0 Å². The predicted molar refractivity (Wildman–Crippen MR) is 28.4 cm³/mol. The minimum absolute atomic E-state index is 0.213. The van der Waals surface area contributed by atoms with Gasteiger partial charge in [0.05, 0.1) is 6.20 Å². The van der Waals surface area contributed by atoms with Crippen molar-refractivity contribution in [3.05, 3.63) is 12.0 Å². The third-order valence-electron chi connectivity index (χ3n) is 0.353. The van der Waals surface area contributed by atoms with Gasteiger partial charge in [0.1, 0.15) is 5.82 Å². The zero-order valence-electron chi connectivity index (χ0n) is 4.26. The zero-order chi connectivity index (χ0) is 5.86.